The van der Waals surface area contributed by atoms with Crippen LogP contribution in [-0.4, -0.2) is 55.0 Å². The lowest BCUT2D eigenvalue weighted by molar-refractivity contribution is 0.0598. The Morgan fingerprint density at radius 3 is 2.32 bits per heavy atom. The quantitative estimate of drug-likeness (QED) is 0.267. The summed E-state index contributed by atoms with van der Waals surface area (Å²) in [6, 6.07) is 10.6. The molecule has 0 spiro atoms. The van der Waals surface area contributed by atoms with Gasteiger partial charge >= 0.3 is 11.3 Å². The highest BCUT2D eigenvalue weighted by Gasteiger charge is 2.19. The number of methoxy groups -OCH3 is 1. The molecular formula is C24H26N2O6S2. The maximum Gasteiger partial charge on any atom is 0.388 e. The fraction of sp³-hybridized carbons (Fsp3) is 0.292. The molecule has 0 amide bonds. The molecule has 2 aromatic carbocycles. The Morgan fingerprint density at radius 1 is 0.971 bits per heavy atom. The molecule has 0 aliphatic carbocycles. The van der Waals surface area contributed by atoms with Gasteiger partial charge in [-0.05, 0) is 64.3 Å². The molecule has 1 heterocycles. The molecule has 0 saturated heterocycles. The number of hydrogen-bond donors (Lipinski definition) is 0. The van der Waals surface area contributed by atoms with Crippen molar-refractivity contribution < 1.29 is 28.5 Å². The molecule has 8 nitrogen and oxygen atoms in total. The summed E-state index contributed by atoms with van der Waals surface area (Å²) in [5.74, 6) is 0.861. The number of thiazole rings is 1. The molecule has 0 N–H and O–H groups in total. The number of aromatic nitrogens is 1. The van der Waals surface area contributed by atoms with E-state index in [1.165, 1.54) is 18.4 Å². The Kier molecular flexibility index (Phi) is 8.91. The zero-order chi connectivity index (χ0) is 24.7. The average molecular weight is 503 g/mol. The number of hydrogen-bond acceptors (Lipinski definition) is 10. The van der Waals surface area contributed by atoms with Crippen molar-refractivity contribution in [2.75, 3.05) is 34.4 Å². The van der Waals surface area contributed by atoms with Crippen LogP contribution < -0.4 is 14.2 Å². The van der Waals surface area contributed by atoms with Gasteiger partial charge in [0.25, 0.3) is 0 Å². The second-order valence-corrected chi connectivity index (χ2v) is 9.13. The van der Waals surface area contributed by atoms with Crippen LogP contribution in [0.1, 0.15) is 24.2 Å². The number of carbonyl (C=O) groups excluding carboxylic acids is 2. The van der Waals surface area contributed by atoms with Gasteiger partial charge in [-0.25, -0.2) is 18.9 Å². The van der Waals surface area contributed by atoms with Crippen molar-refractivity contribution in [2.24, 2.45) is 0 Å². The lowest BCUT2D eigenvalue weighted by Crippen LogP contribution is -2.12. The summed E-state index contributed by atoms with van der Waals surface area (Å²) >= 11 is 2.34. The van der Waals surface area contributed by atoms with Crippen LogP contribution in [0.2, 0.25) is 0 Å². The van der Waals surface area contributed by atoms with E-state index in [1.807, 2.05) is 37.4 Å². The summed E-state index contributed by atoms with van der Waals surface area (Å²) in [6.45, 7) is 4.91. The molecule has 0 atom stereocenters. The van der Waals surface area contributed by atoms with Gasteiger partial charge in [-0.15, -0.1) is 11.3 Å². The van der Waals surface area contributed by atoms with Gasteiger partial charge in [-0.1, -0.05) is 0 Å². The molecular weight excluding hydrogens is 476 g/mol. The maximum atomic E-state index is 12.4. The van der Waals surface area contributed by atoms with Crippen LogP contribution in [0, 0.1) is 0 Å². The van der Waals surface area contributed by atoms with E-state index in [-0.39, 0.29) is 11.3 Å². The summed E-state index contributed by atoms with van der Waals surface area (Å²) in [6.07, 6.45) is 0. The Hall–Kier alpha value is -3.08. The molecule has 0 radical (unpaired) electrons. The summed E-state index contributed by atoms with van der Waals surface area (Å²) in [7, 11) is 4.72. The lowest BCUT2D eigenvalue weighted by atomic mass is 10.1. The van der Waals surface area contributed by atoms with Gasteiger partial charge in [0, 0.05) is 28.5 Å². The number of esters is 1. The first-order valence-corrected chi connectivity index (χ1v) is 12.2. The smallest absolute Gasteiger partial charge is 0.388 e. The van der Waals surface area contributed by atoms with Crippen molar-refractivity contribution in [1.29, 1.82) is 0 Å². The van der Waals surface area contributed by atoms with E-state index in [0.29, 0.717) is 36.0 Å². The lowest BCUT2D eigenvalue weighted by Gasteiger charge is -2.12. The predicted molar refractivity (Wildman–Crippen MR) is 134 cm³/mol. The van der Waals surface area contributed by atoms with Crippen LogP contribution in [0.4, 0.5) is 4.79 Å². The summed E-state index contributed by atoms with van der Waals surface area (Å²) < 4.78 is 23.2. The van der Waals surface area contributed by atoms with E-state index in [0.717, 1.165) is 22.5 Å². The number of carbonyl (C=O) groups is 2. The van der Waals surface area contributed by atoms with E-state index in [2.05, 4.69) is 0 Å². The van der Waals surface area contributed by atoms with E-state index in [1.54, 1.807) is 36.6 Å². The third kappa shape index (κ3) is 6.28. The molecule has 3 rings (SSSR count). The van der Waals surface area contributed by atoms with Gasteiger partial charge in [0.2, 0.25) is 0 Å². The van der Waals surface area contributed by atoms with Crippen LogP contribution >= 0.6 is 23.3 Å². The van der Waals surface area contributed by atoms with E-state index in [9.17, 15) is 9.59 Å². The number of rotatable bonds is 9. The molecule has 180 valence electrons. The minimum atomic E-state index is -0.608. The minimum Gasteiger partial charge on any atom is -0.490 e. The third-order valence-electron chi connectivity index (χ3n) is 4.43. The molecule has 34 heavy (non-hydrogen) atoms. The Balaban J connectivity index is 1.92. The van der Waals surface area contributed by atoms with Crippen LogP contribution in [0.25, 0.3) is 21.8 Å². The topological polar surface area (TPSA) is 87.2 Å². The zero-order valence-corrected chi connectivity index (χ0v) is 21.2. The van der Waals surface area contributed by atoms with Crippen LogP contribution in [0.3, 0.4) is 0 Å². The fourth-order valence-electron chi connectivity index (χ4n) is 3.03. The molecule has 0 aliphatic rings. The highest BCUT2D eigenvalue weighted by atomic mass is 32.2. The van der Waals surface area contributed by atoms with Crippen molar-refractivity contribution in [3.8, 4) is 39.1 Å². The normalized spacial score (nSPS) is 10.8. The molecule has 0 fully saturated rings. The largest absolute Gasteiger partial charge is 0.490 e. The minimum absolute atomic E-state index is 0.123. The molecule has 10 heteroatoms. The summed E-state index contributed by atoms with van der Waals surface area (Å²) in [4.78, 5) is 29.2. The van der Waals surface area contributed by atoms with Gasteiger partial charge in [-0.2, -0.15) is 0 Å². The van der Waals surface area contributed by atoms with Gasteiger partial charge in [-0.3, -0.25) is 0 Å². The standard InChI is InChI=1S/C24H26N2O6S2/c1-6-30-20-11-9-16(13-21(20)31-7-2)22-25-18(14-33-22)15-8-10-19(17(12-15)23(27)29-5)32-24(28)34-26(3)4/h8-14H,6-7H2,1-5H3. The van der Waals surface area contributed by atoms with Crippen LogP contribution in [0.15, 0.2) is 41.8 Å². The first kappa shape index (κ1) is 25.5. The highest BCUT2D eigenvalue weighted by Crippen LogP contribution is 2.36. The SMILES string of the molecule is CCOc1ccc(-c2nc(-c3ccc(OC(=O)SN(C)C)c(C(=O)OC)c3)cs2)cc1OCC. The van der Waals surface area contributed by atoms with Crippen LogP contribution in [0.5, 0.6) is 17.2 Å². The molecule has 1 aromatic heterocycles. The first-order valence-electron chi connectivity index (χ1n) is 10.5. The second-order valence-electron chi connectivity index (χ2n) is 7.02. The fourth-order valence-corrected chi connectivity index (χ4v) is 4.28. The van der Waals surface area contributed by atoms with E-state index >= 15 is 0 Å². The van der Waals surface area contributed by atoms with Crippen molar-refractivity contribution in [3.05, 3.63) is 47.3 Å². The van der Waals surface area contributed by atoms with Crippen LogP contribution in [-0.2, 0) is 4.74 Å². The Morgan fingerprint density at radius 2 is 1.65 bits per heavy atom. The molecule has 0 unspecified atom stereocenters. The summed E-state index contributed by atoms with van der Waals surface area (Å²) in [5, 5.41) is 2.13. The number of ether oxygens (including phenoxy) is 4. The molecule has 0 bridgehead atoms. The predicted octanol–water partition coefficient (Wildman–Crippen LogP) is 5.77. The van der Waals surface area contributed by atoms with E-state index < -0.39 is 11.3 Å². The van der Waals surface area contributed by atoms with Gasteiger partial charge in [0.1, 0.15) is 16.3 Å². The Bertz CT molecular complexity index is 1160. The third-order valence-corrected chi connectivity index (χ3v) is 5.91. The summed E-state index contributed by atoms with van der Waals surface area (Å²) in [5.41, 5.74) is 2.40. The first-order chi connectivity index (χ1) is 16.4. The van der Waals surface area contributed by atoms with Crippen molar-refractivity contribution in [2.45, 2.75) is 13.8 Å². The van der Waals surface area contributed by atoms with Gasteiger partial charge in [0.05, 0.1) is 26.0 Å². The van der Waals surface area contributed by atoms with Crippen molar-refractivity contribution >= 4 is 34.6 Å². The highest BCUT2D eigenvalue weighted by molar-refractivity contribution is 8.11. The molecule has 0 aliphatic heterocycles. The number of benzene rings is 2. The maximum absolute atomic E-state index is 12.4. The van der Waals surface area contributed by atoms with Crippen molar-refractivity contribution in [1.82, 2.24) is 9.29 Å². The average Bonchev–Trinajstić information content (AvgIpc) is 3.30. The Labute approximate surface area is 206 Å². The molecule has 3 aromatic rings. The van der Waals surface area contributed by atoms with E-state index in [4.69, 9.17) is 23.9 Å². The zero-order valence-electron chi connectivity index (χ0n) is 19.6. The van der Waals surface area contributed by atoms with Gasteiger partial charge < -0.3 is 18.9 Å². The van der Waals surface area contributed by atoms with Crippen molar-refractivity contribution in [3.63, 3.8) is 0 Å². The monoisotopic (exact) mass is 502 g/mol. The second kappa shape index (κ2) is 11.9. The van der Waals surface area contributed by atoms with Gasteiger partial charge in [0.15, 0.2) is 11.5 Å². The molecule has 0 saturated carbocycles. The number of nitrogens with zero attached hydrogens (tertiary/aromatic N) is 2.